The van der Waals surface area contributed by atoms with Gasteiger partial charge in [-0.2, -0.15) is 0 Å². The molecule has 2 aromatic carbocycles. The minimum absolute atomic E-state index is 0.122. The predicted molar refractivity (Wildman–Crippen MR) is 118 cm³/mol. The van der Waals surface area contributed by atoms with Gasteiger partial charge < -0.3 is 16.4 Å². The van der Waals surface area contributed by atoms with Crippen LogP contribution in [0.5, 0.6) is 0 Å². The van der Waals surface area contributed by atoms with E-state index in [0.717, 1.165) is 16.8 Å². The van der Waals surface area contributed by atoms with Gasteiger partial charge in [-0.1, -0.05) is 55.8 Å². The highest BCUT2D eigenvalue weighted by molar-refractivity contribution is 8.00. The highest BCUT2D eigenvalue weighted by atomic mass is 32.2. The van der Waals surface area contributed by atoms with Gasteiger partial charge in [0.05, 0.1) is 11.5 Å². The van der Waals surface area contributed by atoms with Crippen molar-refractivity contribution in [1.82, 2.24) is 5.32 Å². The van der Waals surface area contributed by atoms with E-state index in [1.165, 1.54) is 17.3 Å². The SMILES string of the molecule is Cc1ccc(NC(=O)CSCC(=O)NCC(N)c2ccc(C(C)C)cc2)cc1. The largest absolute Gasteiger partial charge is 0.353 e. The predicted octanol–water partition coefficient (Wildman–Crippen LogP) is 3.61. The third-order valence-corrected chi connectivity index (χ3v) is 5.28. The first-order valence-electron chi connectivity index (χ1n) is 9.41. The topological polar surface area (TPSA) is 84.2 Å². The zero-order valence-corrected chi connectivity index (χ0v) is 17.5. The molecule has 2 rings (SSSR count). The summed E-state index contributed by atoms with van der Waals surface area (Å²) in [5.74, 6) is 0.681. The Labute approximate surface area is 171 Å². The van der Waals surface area contributed by atoms with Gasteiger partial charge in [0.15, 0.2) is 0 Å². The number of thioether (sulfide) groups is 1. The maximum atomic E-state index is 12.0. The third-order valence-electron chi connectivity index (χ3n) is 4.35. The van der Waals surface area contributed by atoms with Crippen LogP contribution in [0.2, 0.25) is 0 Å². The van der Waals surface area contributed by atoms with Crippen molar-refractivity contribution in [3.05, 3.63) is 65.2 Å². The van der Waals surface area contributed by atoms with Crippen molar-refractivity contribution in [2.75, 3.05) is 23.4 Å². The Bertz CT molecular complexity index is 773. The Kier molecular flexibility index (Phi) is 8.54. The molecule has 150 valence electrons. The standard InChI is InChI=1S/C22H29N3O2S/c1-15(2)17-6-8-18(9-7-17)20(23)12-24-21(26)13-28-14-22(27)25-19-10-4-16(3)5-11-19/h4-11,15,20H,12-14,23H2,1-3H3,(H,24,26)(H,25,27). The summed E-state index contributed by atoms with van der Waals surface area (Å²) in [5.41, 5.74) is 10.3. The molecule has 0 saturated carbocycles. The Balaban J connectivity index is 1.66. The summed E-state index contributed by atoms with van der Waals surface area (Å²) in [7, 11) is 0. The van der Waals surface area contributed by atoms with E-state index in [2.05, 4.69) is 36.6 Å². The van der Waals surface area contributed by atoms with Gasteiger partial charge in [0.1, 0.15) is 0 Å². The average Bonchev–Trinajstić information content (AvgIpc) is 2.68. The van der Waals surface area contributed by atoms with Crippen molar-refractivity contribution in [1.29, 1.82) is 0 Å². The fraction of sp³-hybridized carbons (Fsp3) is 0.364. The third kappa shape index (κ3) is 7.37. The quantitative estimate of drug-likeness (QED) is 0.601. The van der Waals surface area contributed by atoms with E-state index in [9.17, 15) is 9.59 Å². The molecule has 5 nitrogen and oxygen atoms in total. The van der Waals surface area contributed by atoms with E-state index in [1.807, 2.05) is 43.3 Å². The lowest BCUT2D eigenvalue weighted by atomic mass is 9.99. The molecule has 4 N–H and O–H groups in total. The van der Waals surface area contributed by atoms with Crippen LogP contribution < -0.4 is 16.4 Å². The molecule has 2 amide bonds. The molecule has 0 spiro atoms. The number of nitrogens with one attached hydrogen (secondary N) is 2. The summed E-state index contributed by atoms with van der Waals surface area (Å²) in [4.78, 5) is 23.9. The molecule has 1 unspecified atom stereocenters. The number of benzene rings is 2. The van der Waals surface area contributed by atoms with Gasteiger partial charge in [-0.05, 0) is 36.1 Å². The fourth-order valence-electron chi connectivity index (χ4n) is 2.59. The molecule has 0 radical (unpaired) electrons. The Morgan fingerprint density at radius 3 is 2.11 bits per heavy atom. The molecule has 1 atom stereocenters. The van der Waals surface area contributed by atoms with Crippen molar-refractivity contribution >= 4 is 29.3 Å². The minimum Gasteiger partial charge on any atom is -0.353 e. The van der Waals surface area contributed by atoms with Crippen LogP contribution >= 0.6 is 11.8 Å². The van der Waals surface area contributed by atoms with Crippen LogP contribution in [0.15, 0.2) is 48.5 Å². The number of carbonyl (C=O) groups excluding carboxylic acids is 2. The summed E-state index contributed by atoms with van der Waals surface area (Å²) in [6.45, 7) is 6.66. The maximum absolute atomic E-state index is 12.0. The molecule has 0 aliphatic carbocycles. The normalized spacial score (nSPS) is 11.9. The highest BCUT2D eigenvalue weighted by Gasteiger charge is 2.10. The lowest BCUT2D eigenvalue weighted by Gasteiger charge is -2.14. The highest BCUT2D eigenvalue weighted by Crippen LogP contribution is 2.17. The second-order valence-corrected chi connectivity index (χ2v) is 8.12. The van der Waals surface area contributed by atoms with Crippen LogP contribution in [0.25, 0.3) is 0 Å². The second kappa shape index (κ2) is 10.9. The second-order valence-electron chi connectivity index (χ2n) is 7.14. The van der Waals surface area contributed by atoms with Crippen LogP contribution in [0.4, 0.5) is 5.69 Å². The summed E-state index contributed by atoms with van der Waals surface area (Å²) < 4.78 is 0. The molecule has 0 aromatic heterocycles. The molecule has 2 aromatic rings. The van der Waals surface area contributed by atoms with E-state index < -0.39 is 0 Å². The van der Waals surface area contributed by atoms with Crippen LogP contribution in [0, 0.1) is 6.92 Å². The number of carbonyl (C=O) groups is 2. The molecular formula is C22H29N3O2S. The zero-order valence-electron chi connectivity index (χ0n) is 16.7. The van der Waals surface area contributed by atoms with Crippen LogP contribution in [0.1, 0.15) is 42.5 Å². The zero-order chi connectivity index (χ0) is 20.5. The van der Waals surface area contributed by atoms with Crippen LogP contribution in [-0.4, -0.2) is 29.9 Å². The molecule has 28 heavy (non-hydrogen) atoms. The van der Waals surface area contributed by atoms with Crippen molar-refractivity contribution in [2.24, 2.45) is 5.73 Å². The Hall–Kier alpha value is -2.31. The minimum atomic E-state index is -0.250. The Morgan fingerprint density at radius 1 is 0.929 bits per heavy atom. The van der Waals surface area contributed by atoms with E-state index in [4.69, 9.17) is 5.73 Å². The van der Waals surface area contributed by atoms with E-state index >= 15 is 0 Å². The number of anilines is 1. The van der Waals surface area contributed by atoms with Gasteiger partial charge in [-0.25, -0.2) is 0 Å². The first-order valence-corrected chi connectivity index (χ1v) is 10.6. The van der Waals surface area contributed by atoms with Gasteiger partial charge in [0.25, 0.3) is 0 Å². The Morgan fingerprint density at radius 2 is 1.50 bits per heavy atom. The van der Waals surface area contributed by atoms with Crippen LogP contribution in [-0.2, 0) is 9.59 Å². The number of hydrogen-bond acceptors (Lipinski definition) is 4. The van der Waals surface area contributed by atoms with E-state index in [1.54, 1.807) is 0 Å². The number of aryl methyl sites for hydroxylation is 1. The molecular weight excluding hydrogens is 370 g/mol. The smallest absolute Gasteiger partial charge is 0.234 e. The average molecular weight is 400 g/mol. The summed E-state index contributed by atoms with van der Waals surface area (Å²) >= 11 is 1.28. The lowest BCUT2D eigenvalue weighted by Crippen LogP contribution is -2.33. The van der Waals surface area contributed by atoms with Crippen molar-refractivity contribution in [3.8, 4) is 0 Å². The lowest BCUT2D eigenvalue weighted by molar-refractivity contribution is -0.118. The number of hydrogen-bond donors (Lipinski definition) is 3. The first-order chi connectivity index (χ1) is 13.3. The fourth-order valence-corrected chi connectivity index (χ4v) is 3.24. The monoisotopic (exact) mass is 399 g/mol. The summed E-state index contributed by atoms with van der Waals surface area (Å²) in [6.07, 6.45) is 0. The van der Waals surface area contributed by atoms with Gasteiger partial charge >= 0.3 is 0 Å². The van der Waals surface area contributed by atoms with Gasteiger partial charge in [-0.15, -0.1) is 11.8 Å². The summed E-state index contributed by atoms with van der Waals surface area (Å²) in [6, 6.07) is 15.5. The molecule has 0 fully saturated rings. The van der Waals surface area contributed by atoms with Crippen molar-refractivity contribution < 1.29 is 9.59 Å². The summed E-state index contributed by atoms with van der Waals surface area (Å²) in [5, 5.41) is 5.65. The molecule has 6 heteroatoms. The number of rotatable bonds is 9. The van der Waals surface area contributed by atoms with Gasteiger partial charge in [-0.3, -0.25) is 9.59 Å². The molecule has 0 aliphatic rings. The van der Waals surface area contributed by atoms with E-state index in [0.29, 0.717) is 12.5 Å². The molecule has 0 aliphatic heterocycles. The number of amides is 2. The molecule has 0 heterocycles. The van der Waals surface area contributed by atoms with Crippen LogP contribution in [0.3, 0.4) is 0 Å². The van der Waals surface area contributed by atoms with Gasteiger partial charge in [0.2, 0.25) is 11.8 Å². The van der Waals surface area contributed by atoms with Crippen molar-refractivity contribution in [3.63, 3.8) is 0 Å². The first kappa shape index (κ1) is 22.0. The van der Waals surface area contributed by atoms with Gasteiger partial charge in [0, 0.05) is 18.3 Å². The maximum Gasteiger partial charge on any atom is 0.234 e. The molecule has 0 saturated heterocycles. The molecule has 0 bridgehead atoms. The van der Waals surface area contributed by atoms with Crippen molar-refractivity contribution in [2.45, 2.75) is 32.7 Å². The number of nitrogens with two attached hydrogens (primary N) is 1. The van der Waals surface area contributed by atoms with E-state index in [-0.39, 0.29) is 29.4 Å².